The number of hydrogen-bond acceptors (Lipinski definition) is 5. The van der Waals surface area contributed by atoms with Gasteiger partial charge in [-0.1, -0.05) is 36.4 Å². The van der Waals surface area contributed by atoms with Crippen molar-refractivity contribution >= 4 is 28.3 Å². The first-order chi connectivity index (χ1) is 14.5. The number of aryl methyl sites for hydroxylation is 1. The highest BCUT2D eigenvalue weighted by molar-refractivity contribution is 6.03. The topological polar surface area (TPSA) is 81.5 Å². The van der Waals surface area contributed by atoms with E-state index in [0.29, 0.717) is 17.3 Å². The van der Waals surface area contributed by atoms with Gasteiger partial charge in [0.15, 0.2) is 12.3 Å². The molecule has 0 aliphatic carbocycles. The molecule has 1 amide bonds. The summed E-state index contributed by atoms with van der Waals surface area (Å²) in [6.45, 7) is 3.84. The van der Waals surface area contributed by atoms with E-state index in [1.165, 1.54) is 4.68 Å². The van der Waals surface area contributed by atoms with Crippen molar-refractivity contribution in [1.29, 1.82) is 0 Å². The Labute approximate surface area is 173 Å². The van der Waals surface area contributed by atoms with Crippen LogP contribution in [0.1, 0.15) is 42.4 Å². The predicted octanol–water partition coefficient (Wildman–Crippen LogP) is 3.11. The summed E-state index contributed by atoms with van der Waals surface area (Å²) in [6.07, 6.45) is 1.79. The Morgan fingerprint density at radius 1 is 1.07 bits per heavy atom. The molecule has 30 heavy (non-hydrogen) atoms. The van der Waals surface area contributed by atoms with Crippen LogP contribution in [-0.2, 0) is 16.0 Å². The Morgan fingerprint density at radius 3 is 2.53 bits per heavy atom. The van der Waals surface area contributed by atoms with Crippen LogP contribution in [-0.4, -0.2) is 34.8 Å². The maximum absolute atomic E-state index is 12.8. The van der Waals surface area contributed by atoms with E-state index in [4.69, 9.17) is 4.74 Å². The van der Waals surface area contributed by atoms with E-state index in [2.05, 4.69) is 5.10 Å². The number of benzene rings is 2. The Kier molecular flexibility index (Phi) is 5.35. The quantitative estimate of drug-likeness (QED) is 0.623. The zero-order valence-corrected chi connectivity index (χ0v) is 17.0. The lowest BCUT2D eigenvalue weighted by Crippen LogP contribution is -2.38. The van der Waals surface area contributed by atoms with E-state index in [1.54, 1.807) is 29.2 Å². The number of aromatic nitrogens is 2. The van der Waals surface area contributed by atoms with E-state index in [-0.39, 0.29) is 29.8 Å². The third kappa shape index (κ3) is 3.58. The normalized spacial score (nSPS) is 13.4. The molecule has 1 aromatic heterocycles. The van der Waals surface area contributed by atoms with Gasteiger partial charge in [0.2, 0.25) is 0 Å². The summed E-state index contributed by atoms with van der Waals surface area (Å²) in [4.78, 5) is 39.9. The summed E-state index contributed by atoms with van der Waals surface area (Å²) in [7, 11) is 0. The predicted molar refractivity (Wildman–Crippen MR) is 114 cm³/mol. The molecule has 0 saturated heterocycles. The van der Waals surface area contributed by atoms with Crippen molar-refractivity contribution in [3.8, 4) is 0 Å². The molecule has 0 atom stereocenters. The maximum Gasteiger partial charge on any atom is 0.359 e. The lowest BCUT2D eigenvalue weighted by Gasteiger charge is -2.29. The number of nitrogens with zero attached hydrogens (tertiary/aromatic N) is 3. The highest BCUT2D eigenvalue weighted by Gasteiger charge is 2.25. The van der Waals surface area contributed by atoms with Crippen LogP contribution in [0.5, 0.6) is 0 Å². The molecule has 1 aliphatic rings. The Hall–Kier alpha value is -3.48. The Bertz CT molecular complexity index is 1180. The van der Waals surface area contributed by atoms with Gasteiger partial charge in [-0.2, -0.15) is 5.10 Å². The van der Waals surface area contributed by atoms with Gasteiger partial charge in [-0.05, 0) is 44.4 Å². The first-order valence-electron chi connectivity index (χ1n) is 10.0. The van der Waals surface area contributed by atoms with Crippen LogP contribution < -0.4 is 10.5 Å². The van der Waals surface area contributed by atoms with Gasteiger partial charge in [-0.15, -0.1) is 0 Å². The number of amides is 1. The van der Waals surface area contributed by atoms with Crippen LogP contribution in [0.25, 0.3) is 10.8 Å². The Balaban J connectivity index is 1.58. The van der Waals surface area contributed by atoms with Gasteiger partial charge in [0.25, 0.3) is 11.5 Å². The Morgan fingerprint density at radius 2 is 1.77 bits per heavy atom. The minimum absolute atomic E-state index is 0.0331. The van der Waals surface area contributed by atoms with Gasteiger partial charge >= 0.3 is 5.97 Å². The number of esters is 1. The molecule has 0 N–H and O–H groups in total. The lowest BCUT2D eigenvalue weighted by atomic mass is 10.0. The summed E-state index contributed by atoms with van der Waals surface area (Å²) in [5.41, 5.74) is 1.74. The van der Waals surface area contributed by atoms with E-state index < -0.39 is 5.97 Å². The van der Waals surface area contributed by atoms with Crippen molar-refractivity contribution in [2.24, 2.45) is 0 Å². The van der Waals surface area contributed by atoms with Gasteiger partial charge in [0.1, 0.15) is 0 Å². The smallest absolute Gasteiger partial charge is 0.359 e. The average molecular weight is 405 g/mol. The van der Waals surface area contributed by atoms with Crippen molar-refractivity contribution in [1.82, 2.24) is 9.78 Å². The fraction of sp³-hybridized carbons (Fsp3) is 0.304. The third-order valence-electron chi connectivity index (χ3n) is 5.25. The fourth-order valence-corrected chi connectivity index (χ4v) is 3.77. The molecular formula is C23H23N3O4. The molecule has 0 unspecified atom stereocenters. The lowest BCUT2D eigenvalue weighted by molar-refractivity contribution is -0.121. The van der Waals surface area contributed by atoms with Crippen LogP contribution in [0.3, 0.4) is 0 Å². The molecule has 2 aromatic carbocycles. The van der Waals surface area contributed by atoms with Gasteiger partial charge in [0, 0.05) is 17.6 Å². The van der Waals surface area contributed by atoms with Crippen molar-refractivity contribution < 1.29 is 14.3 Å². The number of fused-ring (bicyclic) bond motifs is 2. The van der Waals surface area contributed by atoms with E-state index in [1.807, 2.05) is 38.1 Å². The number of anilines is 1. The van der Waals surface area contributed by atoms with E-state index in [9.17, 15) is 14.4 Å². The molecule has 3 aromatic rings. The summed E-state index contributed by atoms with van der Waals surface area (Å²) < 4.78 is 6.60. The second kappa shape index (κ2) is 8.10. The highest BCUT2D eigenvalue weighted by atomic mass is 16.5. The molecule has 7 nitrogen and oxygen atoms in total. The maximum atomic E-state index is 12.8. The van der Waals surface area contributed by atoms with E-state index >= 15 is 0 Å². The molecule has 1 aliphatic heterocycles. The van der Waals surface area contributed by atoms with E-state index in [0.717, 1.165) is 24.1 Å². The number of carbonyl (C=O) groups excluding carboxylic acids is 2. The van der Waals surface area contributed by atoms with Gasteiger partial charge < -0.3 is 9.64 Å². The van der Waals surface area contributed by atoms with Crippen LogP contribution >= 0.6 is 0 Å². The highest BCUT2D eigenvalue weighted by Crippen LogP contribution is 2.26. The van der Waals surface area contributed by atoms with Crippen molar-refractivity contribution in [3.63, 3.8) is 0 Å². The summed E-state index contributed by atoms with van der Waals surface area (Å²) in [5, 5.41) is 5.04. The van der Waals surface area contributed by atoms with Gasteiger partial charge in [-0.25, -0.2) is 9.48 Å². The average Bonchev–Trinajstić information content (AvgIpc) is 2.77. The molecule has 0 spiro atoms. The van der Waals surface area contributed by atoms with Crippen LogP contribution in [0.15, 0.2) is 53.3 Å². The van der Waals surface area contributed by atoms with Crippen LogP contribution in [0.2, 0.25) is 0 Å². The monoisotopic (exact) mass is 405 g/mol. The first-order valence-corrected chi connectivity index (χ1v) is 10.0. The number of para-hydroxylation sites is 1. The van der Waals surface area contributed by atoms with Crippen LogP contribution in [0.4, 0.5) is 5.69 Å². The summed E-state index contributed by atoms with van der Waals surface area (Å²) in [6, 6.07) is 14.3. The molecule has 154 valence electrons. The zero-order chi connectivity index (χ0) is 21.3. The molecule has 0 bridgehead atoms. The molecular weight excluding hydrogens is 382 g/mol. The van der Waals surface area contributed by atoms with Crippen molar-refractivity contribution in [2.45, 2.75) is 32.7 Å². The number of hydrogen-bond donors (Lipinski definition) is 0. The SMILES string of the molecule is CC(C)n1nc(C(=O)OCC(=O)N2CCCc3ccccc32)c2ccccc2c1=O. The molecule has 0 radical (unpaired) electrons. The third-order valence-corrected chi connectivity index (χ3v) is 5.25. The zero-order valence-electron chi connectivity index (χ0n) is 17.0. The second-order valence-electron chi connectivity index (χ2n) is 7.59. The molecule has 0 fully saturated rings. The second-order valence-corrected chi connectivity index (χ2v) is 7.59. The molecule has 7 heteroatoms. The van der Waals surface area contributed by atoms with Crippen molar-refractivity contribution in [3.05, 3.63) is 70.1 Å². The fourth-order valence-electron chi connectivity index (χ4n) is 3.77. The summed E-state index contributed by atoms with van der Waals surface area (Å²) in [5.74, 6) is -1.00. The standard InChI is InChI=1S/C23H23N3O4/c1-15(2)26-22(28)18-11-5-4-10-17(18)21(24-26)23(29)30-14-20(27)25-13-7-9-16-8-3-6-12-19(16)25/h3-6,8,10-12,15H,7,9,13-14H2,1-2H3. The minimum Gasteiger partial charge on any atom is -0.451 e. The molecule has 0 saturated carbocycles. The number of rotatable bonds is 4. The summed E-state index contributed by atoms with van der Waals surface area (Å²) >= 11 is 0. The van der Waals surface area contributed by atoms with Gasteiger partial charge in [-0.3, -0.25) is 9.59 Å². The van der Waals surface area contributed by atoms with Gasteiger partial charge in [0.05, 0.1) is 11.4 Å². The number of ether oxygens (including phenoxy) is 1. The first kappa shape index (κ1) is 19.8. The van der Waals surface area contributed by atoms with Crippen molar-refractivity contribution in [2.75, 3.05) is 18.1 Å². The molecule has 4 rings (SSSR count). The largest absolute Gasteiger partial charge is 0.451 e. The van der Waals surface area contributed by atoms with Crippen LogP contribution in [0, 0.1) is 0 Å². The molecule has 2 heterocycles. The minimum atomic E-state index is -0.723. The number of carbonyl (C=O) groups is 2.